The molecule has 1 aromatic heterocycles. The lowest BCUT2D eigenvalue weighted by Gasteiger charge is -2.25. The lowest BCUT2D eigenvalue weighted by atomic mass is 9.97. The number of thioether (sulfide) groups is 1. The first-order valence-corrected chi connectivity index (χ1v) is 7.54. The Balaban J connectivity index is 2.33. The molecule has 104 valence electrons. The van der Waals surface area contributed by atoms with Crippen LogP contribution < -0.4 is 5.32 Å². The van der Waals surface area contributed by atoms with Crippen molar-refractivity contribution in [3.8, 4) is 6.07 Å². The smallest absolute Gasteiger partial charge is 0.187 e. The van der Waals surface area contributed by atoms with E-state index in [0.29, 0.717) is 6.04 Å². The molecule has 1 unspecified atom stereocenters. The van der Waals surface area contributed by atoms with Crippen molar-refractivity contribution in [1.82, 2.24) is 15.3 Å². The number of aromatic nitrogens is 2. The van der Waals surface area contributed by atoms with Gasteiger partial charge in [-0.25, -0.2) is 9.97 Å². The minimum absolute atomic E-state index is 0.317. The third kappa shape index (κ3) is 6.04. The molecule has 0 saturated carbocycles. The fourth-order valence-corrected chi connectivity index (χ4v) is 2.57. The maximum Gasteiger partial charge on any atom is 0.187 e. The van der Waals surface area contributed by atoms with E-state index in [1.165, 1.54) is 0 Å². The Labute approximate surface area is 120 Å². The highest BCUT2D eigenvalue weighted by Gasteiger charge is 2.23. The van der Waals surface area contributed by atoms with E-state index in [-0.39, 0.29) is 0 Å². The number of hydrogen-bond acceptors (Lipinski definition) is 5. The van der Waals surface area contributed by atoms with Crippen LogP contribution in [0, 0.1) is 18.3 Å². The summed E-state index contributed by atoms with van der Waals surface area (Å²) in [6.07, 6.45) is 5.45. The fourth-order valence-electron chi connectivity index (χ4n) is 1.84. The zero-order chi connectivity index (χ0) is 14.3. The highest BCUT2D eigenvalue weighted by molar-refractivity contribution is 7.99. The highest BCUT2D eigenvalue weighted by atomic mass is 32.2. The van der Waals surface area contributed by atoms with E-state index in [4.69, 9.17) is 0 Å². The fraction of sp³-hybridized carbons (Fsp3) is 0.643. The van der Waals surface area contributed by atoms with E-state index in [1.807, 2.05) is 26.2 Å². The first kappa shape index (κ1) is 15.9. The molecule has 1 atom stereocenters. The van der Waals surface area contributed by atoms with Gasteiger partial charge in [0, 0.05) is 24.2 Å². The molecule has 5 heteroatoms. The maximum atomic E-state index is 9.24. The molecule has 19 heavy (non-hydrogen) atoms. The summed E-state index contributed by atoms with van der Waals surface area (Å²) >= 11 is 1.64. The Hall–Kier alpha value is -1.12. The van der Waals surface area contributed by atoms with Crippen LogP contribution in [0.15, 0.2) is 17.6 Å². The molecule has 4 nitrogen and oxygen atoms in total. The van der Waals surface area contributed by atoms with Crippen molar-refractivity contribution in [1.29, 1.82) is 5.26 Å². The van der Waals surface area contributed by atoms with Gasteiger partial charge in [-0.1, -0.05) is 11.8 Å². The second kappa shape index (κ2) is 7.46. The van der Waals surface area contributed by atoms with Crippen molar-refractivity contribution in [2.75, 3.05) is 5.75 Å². The van der Waals surface area contributed by atoms with Crippen LogP contribution in [0.25, 0.3) is 0 Å². The molecule has 0 aromatic carbocycles. The molecule has 0 aliphatic rings. The SMILES string of the molecule is Cc1cnc(SCCCC(C)(C#N)NC(C)C)nc1. The third-order valence-electron chi connectivity index (χ3n) is 2.66. The van der Waals surface area contributed by atoms with Crippen molar-refractivity contribution >= 4 is 11.8 Å². The van der Waals surface area contributed by atoms with Gasteiger partial charge in [-0.2, -0.15) is 5.26 Å². The van der Waals surface area contributed by atoms with E-state index in [0.717, 1.165) is 29.3 Å². The summed E-state index contributed by atoms with van der Waals surface area (Å²) in [6.45, 7) is 8.05. The predicted molar refractivity (Wildman–Crippen MR) is 79.0 cm³/mol. The van der Waals surface area contributed by atoms with Crippen LogP contribution in [-0.4, -0.2) is 27.3 Å². The Kier molecular flexibility index (Phi) is 6.26. The molecular formula is C14H22N4S. The molecule has 0 amide bonds. The quantitative estimate of drug-likeness (QED) is 0.472. The summed E-state index contributed by atoms with van der Waals surface area (Å²) in [5.41, 5.74) is 0.630. The highest BCUT2D eigenvalue weighted by Crippen LogP contribution is 2.18. The molecule has 1 aromatic rings. The van der Waals surface area contributed by atoms with Gasteiger partial charge in [0.15, 0.2) is 5.16 Å². The second-order valence-corrected chi connectivity index (χ2v) is 6.30. The van der Waals surface area contributed by atoms with E-state index in [9.17, 15) is 5.26 Å². The lowest BCUT2D eigenvalue weighted by molar-refractivity contribution is 0.380. The molecule has 1 heterocycles. The summed E-state index contributed by atoms with van der Waals surface area (Å²) in [6, 6.07) is 2.68. The summed E-state index contributed by atoms with van der Waals surface area (Å²) in [7, 11) is 0. The number of hydrogen-bond donors (Lipinski definition) is 1. The molecule has 1 rings (SSSR count). The average Bonchev–Trinajstić information content (AvgIpc) is 2.36. The summed E-state index contributed by atoms with van der Waals surface area (Å²) in [4.78, 5) is 8.50. The standard InChI is InChI=1S/C14H22N4S/c1-11(2)18-14(4,10-15)6-5-7-19-13-16-8-12(3)9-17-13/h8-9,11,18H,5-7H2,1-4H3. The average molecular weight is 278 g/mol. The molecule has 0 spiro atoms. The van der Waals surface area contributed by atoms with E-state index < -0.39 is 5.54 Å². The van der Waals surface area contributed by atoms with Gasteiger partial charge in [0.1, 0.15) is 5.54 Å². The first-order valence-electron chi connectivity index (χ1n) is 6.55. The monoisotopic (exact) mass is 278 g/mol. The number of nitrogens with zero attached hydrogens (tertiary/aromatic N) is 3. The van der Waals surface area contributed by atoms with Crippen molar-refractivity contribution in [2.24, 2.45) is 0 Å². The molecule has 0 radical (unpaired) electrons. The number of nitriles is 1. The van der Waals surface area contributed by atoms with Crippen molar-refractivity contribution in [3.05, 3.63) is 18.0 Å². The van der Waals surface area contributed by atoms with Gasteiger partial charge in [-0.15, -0.1) is 0 Å². The normalized spacial score (nSPS) is 14.1. The van der Waals surface area contributed by atoms with Crippen LogP contribution in [0.3, 0.4) is 0 Å². The maximum absolute atomic E-state index is 9.24. The number of rotatable bonds is 7. The molecular weight excluding hydrogens is 256 g/mol. The van der Waals surface area contributed by atoms with Crippen molar-refractivity contribution < 1.29 is 0 Å². The van der Waals surface area contributed by atoms with Crippen LogP contribution in [0.2, 0.25) is 0 Å². The third-order valence-corrected chi connectivity index (χ3v) is 3.63. The Bertz CT molecular complexity index is 424. The second-order valence-electron chi connectivity index (χ2n) is 5.24. The molecule has 0 saturated heterocycles. The lowest BCUT2D eigenvalue weighted by Crippen LogP contribution is -2.44. The molecule has 0 bridgehead atoms. The molecule has 0 aliphatic carbocycles. The first-order chi connectivity index (χ1) is 8.95. The van der Waals surface area contributed by atoms with Gasteiger partial charge in [-0.05, 0) is 46.1 Å². The largest absolute Gasteiger partial charge is 0.297 e. The van der Waals surface area contributed by atoms with Crippen LogP contribution in [0.5, 0.6) is 0 Å². The van der Waals surface area contributed by atoms with E-state index in [2.05, 4.69) is 35.2 Å². The van der Waals surface area contributed by atoms with Gasteiger partial charge in [0.25, 0.3) is 0 Å². The summed E-state index contributed by atoms with van der Waals surface area (Å²) in [5.74, 6) is 0.931. The van der Waals surface area contributed by atoms with Gasteiger partial charge in [-0.3, -0.25) is 5.32 Å². The molecule has 0 fully saturated rings. The summed E-state index contributed by atoms with van der Waals surface area (Å²) < 4.78 is 0. The van der Waals surface area contributed by atoms with Gasteiger partial charge < -0.3 is 0 Å². The van der Waals surface area contributed by atoms with Crippen LogP contribution in [0.4, 0.5) is 0 Å². The van der Waals surface area contributed by atoms with Gasteiger partial charge in [0.2, 0.25) is 0 Å². The van der Waals surface area contributed by atoms with E-state index in [1.54, 1.807) is 11.8 Å². The van der Waals surface area contributed by atoms with Gasteiger partial charge >= 0.3 is 0 Å². The van der Waals surface area contributed by atoms with Gasteiger partial charge in [0.05, 0.1) is 6.07 Å². The minimum atomic E-state index is -0.442. The zero-order valence-electron chi connectivity index (χ0n) is 12.1. The van der Waals surface area contributed by atoms with Crippen LogP contribution in [-0.2, 0) is 0 Å². The Morgan fingerprint density at radius 1 is 1.42 bits per heavy atom. The molecule has 1 N–H and O–H groups in total. The summed E-state index contributed by atoms with van der Waals surface area (Å²) in [5, 5.41) is 13.4. The van der Waals surface area contributed by atoms with Crippen LogP contribution >= 0.6 is 11.8 Å². The minimum Gasteiger partial charge on any atom is -0.297 e. The van der Waals surface area contributed by atoms with Crippen molar-refractivity contribution in [3.63, 3.8) is 0 Å². The van der Waals surface area contributed by atoms with Crippen molar-refractivity contribution in [2.45, 2.75) is 57.3 Å². The van der Waals surface area contributed by atoms with E-state index >= 15 is 0 Å². The molecule has 0 aliphatic heterocycles. The predicted octanol–water partition coefficient (Wildman–Crippen LogP) is 2.94. The topological polar surface area (TPSA) is 61.6 Å². The number of aryl methyl sites for hydroxylation is 1. The Morgan fingerprint density at radius 2 is 2.05 bits per heavy atom. The van der Waals surface area contributed by atoms with Crippen LogP contribution in [0.1, 0.15) is 39.2 Å². The number of nitrogens with one attached hydrogen (secondary N) is 1. The Morgan fingerprint density at radius 3 is 2.58 bits per heavy atom. The zero-order valence-corrected chi connectivity index (χ0v) is 12.9.